The molecule has 25 heavy (non-hydrogen) atoms. The number of imide groups is 1. The minimum Gasteiger partial charge on any atom is -0.381 e. The van der Waals surface area contributed by atoms with Crippen molar-refractivity contribution < 1.29 is 18.9 Å². The summed E-state index contributed by atoms with van der Waals surface area (Å²) in [7, 11) is 3.26. The Morgan fingerprint density at radius 3 is 2.80 bits per heavy atom. The zero-order chi connectivity index (χ0) is 18.3. The SMILES string of the molecule is C=C(C)CN1C(=O)C2C(=NC3=[N+]2CC(C)=NN3CCOC)N(C)C1=O. The molecule has 134 valence electrons. The Hall–Kier alpha value is -2.55. The van der Waals surface area contributed by atoms with Crippen LogP contribution in [0.3, 0.4) is 0 Å². The minimum absolute atomic E-state index is 0.204. The normalized spacial score (nSPS) is 22.9. The number of aliphatic imine (C=N–C) groups is 1. The van der Waals surface area contributed by atoms with Crippen molar-refractivity contribution >= 4 is 29.4 Å². The van der Waals surface area contributed by atoms with Crippen LogP contribution in [-0.2, 0) is 9.53 Å². The lowest BCUT2D eigenvalue weighted by Crippen LogP contribution is -2.63. The molecule has 0 aromatic carbocycles. The first-order valence-electron chi connectivity index (χ1n) is 8.11. The van der Waals surface area contributed by atoms with Crippen molar-refractivity contribution in [2.75, 3.05) is 40.4 Å². The molecular formula is C16H23N6O3+. The second-order valence-electron chi connectivity index (χ2n) is 6.47. The number of carbonyl (C=O) groups excluding carboxylic acids is 2. The van der Waals surface area contributed by atoms with Crippen LogP contribution in [0.2, 0.25) is 0 Å². The van der Waals surface area contributed by atoms with Crippen LogP contribution in [0.4, 0.5) is 4.79 Å². The van der Waals surface area contributed by atoms with Gasteiger partial charge in [-0.1, -0.05) is 17.1 Å². The monoisotopic (exact) mass is 347 g/mol. The molecule has 0 spiro atoms. The van der Waals surface area contributed by atoms with Crippen LogP contribution in [0.25, 0.3) is 0 Å². The van der Waals surface area contributed by atoms with Gasteiger partial charge in [-0.25, -0.2) is 9.37 Å². The van der Waals surface area contributed by atoms with Crippen molar-refractivity contribution in [3.8, 4) is 0 Å². The number of carbonyl (C=O) groups is 2. The summed E-state index contributed by atoms with van der Waals surface area (Å²) in [5.41, 5.74) is 1.62. The molecule has 9 heteroatoms. The first kappa shape index (κ1) is 17.3. The summed E-state index contributed by atoms with van der Waals surface area (Å²) < 4.78 is 7.02. The van der Waals surface area contributed by atoms with Crippen LogP contribution in [0.5, 0.6) is 0 Å². The van der Waals surface area contributed by atoms with E-state index in [9.17, 15) is 9.59 Å². The van der Waals surface area contributed by atoms with Crippen LogP contribution < -0.4 is 0 Å². The van der Waals surface area contributed by atoms with Crippen LogP contribution >= 0.6 is 0 Å². The number of methoxy groups -OCH3 is 1. The maximum atomic E-state index is 13.0. The summed E-state index contributed by atoms with van der Waals surface area (Å²) in [4.78, 5) is 32.8. The average molecular weight is 347 g/mol. The first-order chi connectivity index (χ1) is 11.8. The van der Waals surface area contributed by atoms with Crippen molar-refractivity contribution in [3.63, 3.8) is 0 Å². The van der Waals surface area contributed by atoms with E-state index in [0.29, 0.717) is 31.5 Å². The fourth-order valence-electron chi connectivity index (χ4n) is 3.15. The molecule has 1 fully saturated rings. The topological polar surface area (TPSA) is 80.8 Å². The summed E-state index contributed by atoms with van der Waals surface area (Å²) in [6, 6.07) is -1.00. The number of hydrogen-bond acceptors (Lipinski definition) is 6. The van der Waals surface area contributed by atoms with E-state index in [1.54, 1.807) is 26.1 Å². The second-order valence-corrected chi connectivity index (χ2v) is 6.47. The predicted molar refractivity (Wildman–Crippen MR) is 92.7 cm³/mol. The third kappa shape index (κ3) is 2.84. The van der Waals surface area contributed by atoms with Crippen molar-refractivity contribution in [2.24, 2.45) is 10.1 Å². The van der Waals surface area contributed by atoms with E-state index in [2.05, 4.69) is 16.7 Å². The maximum Gasteiger partial charge on any atom is 0.416 e. The Balaban J connectivity index is 1.98. The highest BCUT2D eigenvalue weighted by molar-refractivity contribution is 6.23. The van der Waals surface area contributed by atoms with Crippen LogP contribution in [-0.4, -0.2) is 95.3 Å². The first-order valence-corrected chi connectivity index (χ1v) is 8.11. The van der Waals surface area contributed by atoms with Crippen LogP contribution in [0.1, 0.15) is 13.8 Å². The van der Waals surface area contributed by atoms with Gasteiger partial charge in [-0.15, -0.1) is 10.1 Å². The van der Waals surface area contributed by atoms with Gasteiger partial charge in [-0.3, -0.25) is 14.6 Å². The number of amides is 3. The molecule has 3 amide bonds. The number of ether oxygens (including phenoxy) is 1. The molecule has 0 aromatic heterocycles. The van der Waals surface area contributed by atoms with E-state index in [0.717, 1.165) is 11.3 Å². The van der Waals surface area contributed by atoms with Gasteiger partial charge in [0.15, 0.2) is 0 Å². The zero-order valence-corrected chi connectivity index (χ0v) is 15.0. The third-order valence-corrected chi connectivity index (χ3v) is 4.25. The van der Waals surface area contributed by atoms with Gasteiger partial charge in [-0.2, -0.15) is 0 Å². The van der Waals surface area contributed by atoms with Gasteiger partial charge < -0.3 is 4.74 Å². The molecule has 3 heterocycles. The molecule has 0 bridgehead atoms. The molecule has 0 aliphatic carbocycles. The summed E-state index contributed by atoms with van der Waals surface area (Å²) in [6.07, 6.45) is 0. The number of guanidine groups is 1. The standard InChI is InChI=1S/C16H23N6O3/c1-10(2)8-21-14(23)12-13(19(4)16(21)24)17-15-20(12)9-11(3)18-22(15)6-7-25-5/h12H,1,6-9H2,2-5H3/q+1. The summed E-state index contributed by atoms with van der Waals surface area (Å²) in [5, 5.41) is 6.22. The third-order valence-electron chi connectivity index (χ3n) is 4.25. The highest BCUT2D eigenvalue weighted by Gasteiger charge is 2.54. The van der Waals surface area contributed by atoms with E-state index in [1.807, 2.05) is 11.5 Å². The van der Waals surface area contributed by atoms with Gasteiger partial charge in [0.25, 0.3) is 5.91 Å². The Morgan fingerprint density at radius 2 is 2.16 bits per heavy atom. The fourth-order valence-corrected chi connectivity index (χ4v) is 3.15. The van der Waals surface area contributed by atoms with Crippen molar-refractivity contribution in [3.05, 3.63) is 12.2 Å². The van der Waals surface area contributed by atoms with Crippen LogP contribution in [0.15, 0.2) is 22.2 Å². The number of hydrazone groups is 1. The van der Waals surface area contributed by atoms with Crippen molar-refractivity contribution in [1.29, 1.82) is 0 Å². The predicted octanol–water partition coefficient (Wildman–Crippen LogP) is -0.0564. The van der Waals surface area contributed by atoms with Crippen LogP contribution in [0, 0.1) is 0 Å². The van der Waals surface area contributed by atoms with Gasteiger partial charge in [0.05, 0.1) is 18.9 Å². The van der Waals surface area contributed by atoms with Gasteiger partial charge in [0.2, 0.25) is 11.9 Å². The lowest BCUT2D eigenvalue weighted by atomic mass is 10.1. The molecule has 3 aliphatic heterocycles. The Bertz CT molecular complexity index is 738. The Kier molecular flexibility index (Phi) is 4.42. The highest BCUT2D eigenvalue weighted by atomic mass is 16.5. The zero-order valence-electron chi connectivity index (χ0n) is 15.0. The molecule has 1 unspecified atom stereocenters. The Morgan fingerprint density at radius 1 is 1.44 bits per heavy atom. The van der Waals surface area contributed by atoms with Crippen molar-refractivity contribution in [1.82, 2.24) is 14.8 Å². The Labute approximate surface area is 146 Å². The quantitative estimate of drug-likeness (QED) is 0.516. The lowest BCUT2D eigenvalue weighted by molar-refractivity contribution is -0.527. The van der Waals surface area contributed by atoms with Gasteiger partial charge in [0, 0.05) is 14.2 Å². The van der Waals surface area contributed by atoms with Gasteiger partial charge in [-0.05, 0) is 13.8 Å². The average Bonchev–Trinajstić information content (AvgIpc) is 2.94. The minimum atomic E-state index is -0.618. The second kappa shape index (κ2) is 6.40. The number of rotatable bonds is 5. The highest BCUT2D eigenvalue weighted by Crippen LogP contribution is 2.23. The number of amidine groups is 1. The molecule has 0 aromatic rings. The maximum absolute atomic E-state index is 13.0. The lowest BCUT2D eigenvalue weighted by Gasteiger charge is -2.34. The molecule has 0 N–H and O–H groups in total. The largest absolute Gasteiger partial charge is 0.416 e. The molecule has 3 rings (SSSR count). The van der Waals surface area contributed by atoms with E-state index in [-0.39, 0.29) is 18.5 Å². The molecule has 0 radical (unpaired) electrons. The number of nitrogens with zero attached hydrogens (tertiary/aromatic N) is 6. The number of urea groups is 1. The van der Waals surface area contributed by atoms with Crippen molar-refractivity contribution in [2.45, 2.75) is 19.9 Å². The number of likely N-dealkylation sites (N-methyl/N-ethyl adjacent to an activating group) is 1. The smallest absolute Gasteiger partial charge is 0.381 e. The molecular weight excluding hydrogens is 324 g/mol. The van der Waals surface area contributed by atoms with Gasteiger partial charge >= 0.3 is 12.0 Å². The fraction of sp³-hybridized carbons (Fsp3) is 0.562. The number of hydrogen-bond donors (Lipinski definition) is 0. The molecule has 1 atom stereocenters. The molecule has 3 aliphatic rings. The summed E-state index contributed by atoms with van der Waals surface area (Å²) in [5.74, 6) is 0.740. The molecule has 9 nitrogen and oxygen atoms in total. The summed E-state index contributed by atoms with van der Waals surface area (Å²) in [6.45, 7) is 9.20. The van der Waals surface area contributed by atoms with E-state index in [1.165, 1.54) is 9.80 Å². The molecule has 1 saturated heterocycles. The van der Waals surface area contributed by atoms with Gasteiger partial charge in [0.1, 0.15) is 13.1 Å². The number of fused-ring (bicyclic) bond motifs is 2. The van der Waals surface area contributed by atoms with E-state index >= 15 is 0 Å². The summed E-state index contributed by atoms with van der Waals surface area (Å²) >= 11 is 0. The van der Waals surface area contributed by atoms with E-state index < -0.39 is 6.04 Å². The van der Waals surface area contributed by atoms with E-state index in [4.69, 9.17) is 4.74 Å². The molecule has 0 saturated carbocycles.